The molecule has 0 bridgehead atoms. The first-order chi connectivity index (χ1) is 19.4. The van der Waals surface area contributed by atoms with Crippen molar-refractivity contribution in [2.24, 2.45) is 0 Å². The summed E-state index contributed by atoms with van der Waals surface area (Å²) in [6.45, 7) is 5.78. The van der Waals surface area contributed by atoms with Crippen molar-refractivity contribution in [2.75, 3.05) is 65.6 Å². The van der Waals surface area contributed by atoms with E-state index in [1.54, 1.807) is 12.0 Å². The Labute approximate surface area is 237 Å². The molecule has 1 saturated heterocycles. The molecule has 0 spiro atoms. The topological polar surface area (TPSA) is 116 Å². The number of carbonyl (C=O) groups excluding carboxylic acids is 2. The normalized spacial score (nSPS) is 16.9. The third-order valence-corrected chi connectivity index (χ3v) is 7.08. The number of nitriles is 1. The average Bonchev–Trinajstić information content (AvgIpc) is 2.98. The van der Waals surface area contributed by atoms with E-state index >= 15 is 0 Å². The number of nitrogens with one attached hydrogen (secondary N) is 2. The highest BCUT2D eigenvalue weighted by molar-refractivity contribution is 5.83. The molecular formula is C30H41N5O5. The Morgan fingerprint density at radius 3 is 2.62 bits per heavy atom. The summed E-state index contributed by atoms with van der Waals surface area (Å²) in [7, 11) is 5.11. The van der Waals surface area contributed by atoms with E-state index in [1.807, 2.05) is 56.4 Å². The van der Waals surface area contributed by atoms with Crippen LogP contribution >= 0.6 is 0 Å². The Hall–Kier alpha value is -3.49. The van der Waals surface area contributed by atoms with E-state index < -0.39 is 12.1 Å². The van der Waals surface area contributed by atoms with Crippen LogP contribution in [-0.4, -0.2) is 96.1 Å². The van der Waals surface area contributed by atoms with E-state index in [-0.39, 0.29) is 11.9 Å². The highest BCUT2D eigenvalue weighted by atomic mass is 16.5. The van der Waals surface area contributed by atoms with Gasteiger partial charge in [-0.05, 0) is 48.8 Å². The molecule has 1 heterocycles. The summed E-state index contributed by atoms with van der Waals surface area (Å²) < 4.78 is 16.5. The SMILES string of the molecule is CCCNCC(OC)C(=O)NC(C#N)Cc1ccc(-c2ccc(OC)c(N(C=O)CC3COCCN3C)c2)cc1. The standard InChI is InChI=1S/C30H41N5O5/c1-5-12-32-18-29(39-4)30(37)33-25(17-31)15-22-6-8-23(9-7-22)24-10-11-28(38-3)27(16-24)35(21-36)19-26-20-40-14-13-34(26)2/h6-11,16,21,25-26,29,32H,5,12-15,18-20H2,1-4H3,(H,33,37). The van der Waals surface area contributed by atoms with Gasteiger partial charge in [-0.25, -0.2) is 0 Å². The summed E-state index contributed by atoms with van der Waals surface area (Å²) >= 11 is 0. The van der Waals surface area contributed by atoms with Crippen LogP contribution < -0.4 is 20.3 Å². The first-order valence-electron chi connectivity index (χ1n) is 13.6. The fourth-order valence-electron chi connectivity index (χ4n) is 4.60. The van der Waals surface area contributed by atoms with Crippen LogP contribution in [-0.2, 0) is 25.5 Å². The molecule has 2 aromatic carbocycles. The smallest absolute Gasteiger partial charge is 0.251 e. The van der Waals surface area contributed by atoms with Crippen molar-refractivity contribution in [2.45, 2.75) is 38.0 Å². The molecule has 2 N–H and O–H groups in total. The predicted molar refractivity (Wildman–Crippen MR) is 154 cm³/mol. The number of likely N-dealkylation sites (N-methyl/N-ethyl adjacent to an activating group) is 1. The first-order valence-corrected chi connectivity index (χ1v) is 13.6. The second-order valence-corrected chi connectivity index (χ2v) is 9.87. The van der Waals surface area contributed by atoms with Gasteiger partial charge in [0.1, 0.15) is 17.9 Å². The molecule has 10 heteroatoms. The minimum atomic E-state index is -0.683. The average molecular weight is 552 g/mol. The molecule has 0 saturated carbocycles. The molecule has 1 aliphatic heterocycles. The number of hydrogen-bond acceptors (Lipinski definition) is 8. The molecule has 0 radical (unpaired) electrons. The zero-order valence-corrected chi connectivity index (χ0v) is 23.9. The largest absolute Gasteiger partial charge is 0.495 e. The van der Waals surface area contributed by atoms with E-state index in [9.17, 15) is 14.9 Å². The number of carbonyl (C=O) groups is 2. The van der Waals surface area contributed by atoms with Gasteiger partial charge in [0, 0.05) is 33.2 Å². The maximum atomic E-state index is 12.6. The van der Waals surface area contributed by atoms with Gasteiger partial charge in [-0.15, -0.1) is 0 Å². The molecule has 1 fully saturated rings. The third kappa shape index (κ3) is 8.50. The molecule has 10 nitrogen and oxygen atoms in total. The molecule has 1 aliphatic rings. The monoisotopic (exact) mass is 551 g/mol. The molecule has 3 atom stereocenters. The lowest BCUT2D eigenvalue weighted by Crippen LogP contribution is -2.49. The minimum absolute atomic E-state index is 0.0898. The Morgan fingerprint density at radius 2 is 2.00 bits per heavy atom. The maximum Gasteiger partial charge on any atom is 0.251 e. The fourth-order valence-corrected chi connectivity index (χ4v) is 4.60. The summed E-state index contributed by atoms with van der Waals surface area (Å²) in [6.07, 6.45) is 1.49. The number of nitrogens with zero attached hydrogens (tertiary/aromatic N) is 3. The fraction of sp³-hybridized carbons (Fsp3) is 0.500. The van der Waals surface area contributed by atoms with E-state index in [2.05, 4.69) is 21.6 Å². The van der Waals surface area contributed by atoms with Gasteiger partial charge in [0.25, 0.3) is 5.91 Å². The van der Waals surface area contributed by atoms with Gasteiger partial charge in [0.15, 0.2) is 0 Å². The van der Waals surface area contributed by atoms with Crippen LogP contribution in [0.4, 0.5) is 5.69 Å². The van der Waals surface area contributed by atoms with Crippen LogP contribution in [0, 0.1) is 11.3 Å². The molecule has 3 rings (SSSR count). The lowest BCUT2D eigenvalue weighted by Gasteiger charge is -2.35. The van der Waals surface area contributed by atoms with E-state index in [1.165, 1.54) is 7.11 Å². The Balaban J connectivity index is 1.70. The maximum absolute atomic E-state index is 12.6. The zero-order chi connectivity index (χ0) is 28.9. The van der Waals surface area contributed by atoms with E-state index in [4.69, 9.17) is 14.2 Å². The van der Waals surface area contributed by atoms with Crippen LogP contribution in [0.25, 0.3) is 11.1 Å². The lowest BCUT2D eigenvalue weighted by molar-refractivity contribution is -0.131. The molecule has 3 unspecified atom stereocenters. The Bertz CT molecular complexity index is 1140. The minimum Gasteiger partial charge on any atom is -0.495 e. The number of anilines is 1. The summed E-state index contributed by atoms with van der Waals surface area (Å²) in [5.74, 6) is 0.296. The predicted octanol–water partition coefficient (Wildman–Crippen LogP) is 2.22. The van der Waals surface area contributed by atoms with Crippen molar-refractivity contribution >= 4 is 18.0 Å². The van der Waals surface area contributed by atoms with Crippen LogP contribution in [0.3, 0.4) is 0 Å². The number of morpholine rings is 1. The zero-order valence-electron chi connectivity index (χ0n) is 23.9. The number of rotatable bonds is 15. The van der Waals surface area contributed by atoms with Gasteiger partial charge in [-0.2, -0.15) is 5.26 Å². The highest BCUT2D eigenvalue weighted by Crippen LogP contribution is 2.33. The molecule has 2 aromatic rings. The van der Waals surface area contributed by atoms with Crippen molar-refractivity contribution in [3.63, 3.8) is 0 Å². The number of benzene rings is 2. The van der Waals surface area contributed by atoms with Crippen molar-refractivity contribution in [1.29, 1.82) is 5.26 Å². The summed E-state index contributed by atoms with van der Waals surface area (Å²) in [5.41, 5.74) is 3.48. The van der Waals surface area contributed by atoms with Crippen molar-refractivity contribution in [3.8, 4) is 22.9 Å². The summed E-state index contributed by atoms with van der Waals surface area (Å²) in [4.78, 5) is 28.6. The Morgan fingerprint density at radius 1 is 1.25 bits per heavy atom. The van der Waals surface area contributed by atoms with E-state index in [0.717, 1.165) is 42.6 Å². The van der Waals surface area contributed by atoms with Gasteiger partial charge < -0.3 is 29.7 Å². The molecule has 216 valence electrons. The first kappa shape index (κ1) is 31.0. The molecule has 0 aromatic heterocycles. The van der Waals surface area contributed by atoms with Crippen LogP contribution in [0.15, 0.2) is 42.5 Å². The van der Waals surface area contributed by atoms with Gasteiger partial charge in [0.2, 0.25) is 6.41 Å². The molecular weight excluding hydrogens is 510 g/mol. The number of amides is 2. The van der Waals surface area contributed by atoms with Crippen LogP contribution in [0.2, 0.25) is 0 Å². The highest BCUT2D eigenvalue weighted by Gasteiger charge is 2.24. The van der Waals surface area contributed by atoms with Gasteiger partial charge in [0.05, 0.1) is 38.1 Å². The van der Waals surface area contributed by atoms with Crippen molar-refractivity contribution in [1.82, 2.24) is 15.5 Å². The molecule has 2 amide bonds. The lowest BCUT2D eigenvalue weighted by atomic mass is 10.00. The molecule has 40 heavy (non-hydrogen) atoms. The van der Waals surface area contributed by atoms with Gasteiger partial charge in [-0.1, -0.05) is 37.3 Å². The van der Waals surface area contributed by atoms with Crippen molar-refractivity contribution < 1.29 is 23.8 Å². The van der Waals surface area contributed by atoms with Crippen LogP contribution in [0.5, 0.6) is 5.75 Å². The second-order valence-electron chi connectivity index (χ2n) is 9.87. The summed E-state index contributed by atoms with van der Waals surface area (Å²) in [6, 6.07) is 15.2. The quantitative estimate of drug-likeness (QED) is 0.256. The second kappa shape index (κ2) is 15.9. The third-order valence-electron chi connectivity index (χ3n) is 7.08. The van der Waals surface area contributed by atoms with E-state index in [0.29, 0.717) is 44.2 Å². The van der Waals surface area contributed by atoms with Crippen LogP contribution in [0.1, 0.15) is 18.9 Å². The number of hydrogen-bond donors (Lipinski definition) is 2. The number of methoxy groups -OCH3 is 2. The van der Waals surface area contributed by atoms with Crippen molar-refractivity contribution in [3.05, 3.63) is 48.0 Å². The van der Waals surface area contributed by atoms with Gasteiger partial charge >= 0.3 is 0 Å². The molecule has 0 aliphatic carbocycles. The number of ether oxygens (including phenoxy) is 3. The van der Waals surface area contributed by atoms with Gasteiger partial charge in [-0.3, -0.25) is 14.5 Å². The Kier molecular flexibility index (Phi) is 12.4. The summed E-state index contributed by atoms with van der Waals surface area (Å²) in [5, 5.41) is 15.6.